The summed E-state index contributed by atoms with van der Waals surface area (Å²) in [6.07, 6.45) is 1.78. The molecule has 2 N–H and O–H groups in total. The normalized spacial score (nSPS) is 13.9. The van der Waals surface area contributed by atoms with E-state index in [0.29, 0.717) is 0 Å². The minimum absolute atomic E-state index is 0.188. The topological polar surface area (TPSA) is 72.6 Å². The Morgan fingerprint density at radius 3 is 2.57 bits per heavy atom. The van der Waals surface area contributed by atoms with Gasteiger partial charge in [0, 0.05) is 18.8 Å². The maximum atomic E-state index is 11.4. The van der Waals surface area contributed by atoms with Crippen molar-refractivity contribution in [2.75, 3.05) is 25.1 Å². The van der Waals surface area contributed by atoms with E-state index in [0.717, 1.165) is 42.9 Å². The largest absolute Gasteiger partial charge is 0.497 e. The maximum Gasteiger partial charge on any atom is 0.238 e. The number of hydrogen-bond donors (Lipinski definition) is 1. The van der Waals surface area contributed by atoms with E-state index in [2.05, 4.69) is 17.0 Å². The minimum atomic E-state index is -3.63. The van der Waals surface area contributed by atoms with Crippen LogP contribution in [0.4, 0.5) is 5.69 Å². The number of rotatable bonds is 5. The molecule has 0 aromatic heterocycles. The van der Waals surface area contributed by atoms with Crippen LogP contribution in [0.2, 0.25) is 0 Å². The summed E-state index contributed by atoms with van der Waals surface area (Å²) in [6, 6.07) is 13.2. The van der Waals surface area contributed by atoms with Crippen LogP contribution >= 0.6 is 0 Å². The van der Waals surface area contributed by atoms with Crippen molar-refractivity contribution >= 4 is 15.7 Å². The second-order valence-corrected chi connectivity index (χ2v) is 7.23. The van der Waals surface area contributed by atoms with Gasteiger partial charge in [-0.3, -0.25) is 0 Å². The second-order valence-electron chi connectivity index (χ2n) is 5.67. The monoisotopic (exact) mass is 332 g/mol. The van der Waals surface area contributed by atoms with E-state index in [1.165, 1.54) is 5.56 Å². The zero-order chi connectivity index (χ0) is 16.4. The molecule has 0 fully saturated rings. The Balaban J connectivity index is 1.70. The van der Waals surface area contributed by atoms with Crippen molar-refractivity contribution in [2.45, 2.75) is 17.7 Å². The van der Waals surface area contributed by atoms with Gasteiger partial charge in [0.15, 0.2) is 0 Å². The Kier molecular flexibility index (Phi) is 4.28. The highest BCUT2D eigenvalue weighted by molar-refractivity contribution is 7.89. The number of anilines is 1. The predicted molar refractivity (Wildman–Crippen MR) is 90.4 cm³/mol. The summed E-state index contributed by atoms with van der Waals surface area (Å²) in [5.41, 5.74) is 3.40. The number of sulfonamides is 1. The molecule has 6 heteroatoms. The standard InChI is InChI=1S/C17H20N2O3S/c1-22-15-4-2-13(3-5-15)8-10-19-11-9-14-12-16(23(18,20)21)6-7-17(14)19/h2-7,12H,8-11H2,1H3,(H2,18,20,21). The first-order valence-corrected chi connectivity index (χ1v) is 9.05. The van der Waals surface area contributed by atoms with Gasteiger partial charge in [0.25, 0.3) is 0 Å². The Bertz CT molecular complexity index is 801. The van der Waals surface area contributed by atoms with Crippen molar-refractivity contribution in [1.29, 1.82) is 0 Å². The first-order valence-electron chi connectivity index (χ1n) is 7.51. The molecular weight excluding hydrogens is 312 g/mol. The summed E-state index contributed by atoms with van der Waals surface area (Å²) in [5.74, 6) is 0.857. The van der Waals surface area contributed by atoms with E-state index in [9.17, 15) is 8.42 Å². The third-order valence-electron chi connectivity index (χ3n) is 4.20. The number of methoxy groups -OCH3 is 1. The fourth-order valence-electron chi connectivity index (χ4n) is 2.91. The number of fused-ring (bicyclic) bond motifs is 1. The van der Waals surface area contributed by atoms with Gasteiger partial charge >= 0.3 is 0 Å². The Hall–Kier alpha value is -2.05. The maximum absolute atomic E-state index is 11.4. The van der Waals surface area contributed by atoms with Crippen molar-refractivity contribution in [2.24, 2.45) is 5.14 Å². The molecule has 1 heterocycles. The highest BCUT2D eigenvalue weighted by Gasteiger charge is 2.21. The van der Waals surface area contributed by atoms with Gasteiger partial charge in [-0.25, -0.2) is 13.6 Å². The van der Waals surface area contributed by atoms with Crippen molar-refractivity contribution in [1.82, 2.24) is 0 Å². The molecule has 2 aromatic carbocycles. The number of ether oxygens (including phenoxy) is 1. The molecule has 0 aliphatic carbocycles. The first kappa shape index (κ1) is 15.8. The summed E-state index contributed by atoms with van der Waals surface area (Å²) in [6.45, 7) is 1.80. The lowest BCUT2D eigenvalue weighted by atomic mass is 10.1. The van der Waals surface area contributed by atoms with E-state index < -0.39 is 10.0 Å². The average molecular weight is 332 g/mol. The molecule has 3 rings (SSSR count). The number of nitrogens with two attached hydrogens (primary N) is 1. The fourth-order valence-corrected chi connectivity index (χ4v) is 3.48. The molecule has 23 heavy (non-hydrogen) atoms. The third kappa shape index (κ3) is 3.48. The van der Waals surface area contributed by atoms with Gasteiger partial charge in [0.1, 0.15) is 5.75 Å². The van der Waals surface area contributed by atoms with Crippen LogP contribution < -0.4 is 14.8 Å². The molecule has 0 saturated carbocycles. The smallest absolute Gasteiger partial charge is 0.238 e. The van der Waals surface area contributed by atoms with Gasteiger partial charge in [-0.2, -0.15) is 0 Å². The number of primary sulfonamides is 1. The second kappa shape index (κ2) is 6.22. The SMILES string of the molecule is COc1ccc(CCN2CCc3cc(S(N)(=O)=O)ccc32)cc1. The molecule has 0 spiro atoms. The van der Waals surface area contributed by atoms with Gasteiger partial charge in [-0.05, 0) is 54.3 Å². The van der Waals surface area contributed by atoms with Gasteiger partial charge in [-0.15, -0.1) is 0 Å². The average Bonchev–Trinajstić information content (AvgIpc) is 2.95. The molecule has 0 amide bonds. The van der Waals surface area contributed by atoms with Crippen LogP contribution in [0.25, 0.3) is 0 Å². The molecule has 0 bridgehead atoms. The lowest BCUT2D eigenvalue weighted by Crippen LogP contribution is -2.23. The minimum Gasteiger partial charge on any atom is -0.497 e. The Morgan fingerprint density at radius 1 is 1.17 bits per heavy atom. The van der Waals surface area contributed by atoms with Crippen molar-refractivity contribution in [3.8, 4) is 5.75 Å². The van der Waals surface area contributed by atoms with Crippen LogP contribution in [0.3, 0.4) is 0 Å². The van der Waals surface area contributed by atoms with Crippen LogP contribution in [0.5, 0.6) is 5.75 Å². The molecular formula is C17H20N2O3S. The van der Waals surface area contributed by atoms with Gasteiger partial charge in [0.2, 0.25) is 10.0 Å². The Morgan fingerprint density at radius 2 is 1.91 bits per heavy atom. The zero-order valence-electron chi connectivity index (χ0n) is 13.0. The molecule has 2 aromatic rings. The van der Waals surface area contributed by atoms with E-state index >= 15 is 0 Å². The van der Waals surface area contributed by atoms with Gasteiger partial charge < -0.3 is 9.64 Å². The third-order valence-corrected chi connectivity index (χ3v) is 5.11. The molecule has 1 aliphatic rings. The van der Waals surface area contributed by atoms with Crippen LogP contribution in [-0.4, -0.2) is 28.6 Å². The van der Waals surface area contributed by atoms with Crippen LogP contribution in [-0.2, 0) is 22.9 Å². The number of benzene rings is 2. The molecule has 0 radical (unpaired) electrons. The summed E-state index contributed by atoms with van der Waals surface area (Å²) in [5, 5.41) is 5.19. The van der Waals surface area contributed by atoms with Crippen molar-refractivity contribution in [3.05, 3.63) is 53.6 Å². The summed E-state index contributed by atoms with van der Waals surface area (Å²) >= 11 is 0. The first-order chi connectivity index (χ1) is 11.0. The fraction of sp³-hybridized carbons (Fsp3) is 0.294. The lowest BCUT2D eigenvalue weighted by Gasteiger charge is -2.19. The summed E-state index contributed by atoms with van der Waals surface area (Å²) < 4.78 is 28.0. The molecule has 1 aliphatic heterocycles. The van der Waals surface area contributed by atoms with Gasteiger partial charge in [-0.1, -0.05) is 12.1 Å². The number of nitrogens with zero attached hydrogens (tertiary/aromatic N) is 1. The highest BCUT2D eigenvalue weighted by Crippen LogP contribution is 2.30. The van der Waals surface area contributed by atoms with Gasteiger partial charge in [0.05, 0.1) is 12.0 Å². The Labute approximate surface area is 136 Å². The summed E-state index contributed by atoms with van der Waals surface area (Å²) in [7, 11) is -1.98. The lowest BCUT2D eigenvalue weighted by molar-refractivity contribution is 0.414. The highest BCUT2D eigenvalue weighted by atomic mass is 32.2. The van der Waals surface area contributed by atoms with Crippen molar-refractivity contribution in [3.63, 3.8) is 0 Å². The number of hydrogen-bond acceptors (Lipinski definition) is 4. The quantitative estimate of drug-likeness (QED) is 0.908. The predicted octanol–water partition coefficient (Wildman–Crippen LogP) is 1.95. The molecule has 0 saturated heterocycles. The van der Waals surface area contributed by atoms with Crippen LogP contribution in [0, 0.1) is 0 Å². The van der Waals surface area contributed by atoms with Crippen LogP contribution in [0.15, 0.2) is 47.4 Å². The molecule has 0 unspecified atom stereocenters. The van der Waals surface area contributed by atoms with E-state index in [4.69, 9.17) is 9.88 Å². The van der Waals surface area contributed by atoms with Crippen LogP contribution in [0.1, 0.15) is 11.1 Å². The zero-order valence-corrected chi connectivity index (χ0v) is 13.8. The summed E-state index contributed by atoms with van der Waals surface area (Å²) in [4.78, 5) is 2.47. The van der Waals surface area contributed by atoms with E-state index in [-0.39, 0.29) is 4.90 Å². The van der Waals surface area contributed by atoms with Crippen molar-refractivity contribution < 1.29 is 13.2 Å². The van der Waals surface area contributed by atoms with E-state index in [1.54, 1.807) is 19.2 Å². The van der Waals surface area contributed by atoms with E-state index in [1.807, 2.05) is 18.2 Å². The molecule has 0 atom stereocenters. The molecule has 122 valence electrons. The molecule has 5 nitrogen and oxygen atoms in total.